The van der Waals surface area contributed by atoms with Crippen molar-refractivity contribution in [1.82, 2.24) is 4.98 Å². The minimum atomic E-state index is -0.105. The van der Waals surface area contributed by atoms with Gasteiger partial charge in [0.15, 0.2) is 0 Å². The van der Waals surface area contributed by atoms with Gasteiger partial charge in [-0.1, -0.05) is 6.07 Å². The molecule has 3 nitrogen and oxygen atoms in total. The fraction of sp³-hybridized carbons (Fsp3) is 0.545. The van der Waals surface area contributed by atoms with E-state index >= 15 is 0 Å². The lowest BCUT2D eigenvalue weighted by Crippen LogP contribution is -2.47. The Morgan fingerprint density at radius 3 is 2.79 bits per heavy atom. The molecule has 1 aromatic rings. The molecule has 1 aromatic heterocycles. The van der Waals surface area contributed by atoms with Crippen molar-refractivity contribution in [2.24, 2.45) is 5.73 Å². The van der Waals surface area contributed by atoms with Crippen LogP contribution in [0, 0.1) is 0 Å². The molecule has 1 saturated heterocycles. The lowest BCUT2D eigenvalue weighted by molar-refractivity contribution is 0.0530. The zero-order chi connectivity index (χ0) is 9.86. The molecule has 2 heterocycles. The summed E-state index contributed by atoms with van der Waals surface area (Å²) in [5.74, 6) is 0. The first-order valence-electron chi connectivity index (χ1n) is 5.05. The summed E-state index contributed by atoms with van der Waals surface area (Å²) in [4.78, 5) is 4.30. The van der Waals surface area contributed by atoms with Gasteiger partial charge in [0.1, 0.15) is 0 Å². The monoisotopic (exact) mass is 192 g/mol. The fourth-order valence-electron chi connectivity index (χ4n) is 1.82. The van der Waals surface area contributed by atoms with Crippen LogP contribution in [0.4, 0.5) is 0 Å². The highest BCUT2D eigenvalue weighted by molar-refractivity contribution is 5.08. The lowest BCUT2D eigenvalue weighted by Gasteiger charge is -2.33. The Labute approximate surface area is 84.3 Å². The molecule has 2 N–H and O–H groups in total. The quantitative estimate of drug-likeness (QED) is 0.764. The van der Waals surface area contributed by atoms with Crippen molar-refractivity contribution < 1.29 is 4.74 Å². The van der Waals surface area contributed by atoms with Crippen molar-refractivity contribution in [1.29, 1.82) is 0 Å². The van der Waals surface area contributed by atoms with E-state index in [0.717, 1.165) is 38.2 Å². The summed E-state index contributed by atoms with van der Waals surface area (Å²) in [6.45, 7) is 1.56. The highest BCUT2D eigenvalue weighted by Gasteiger charge is 2.28. The van der Waals surface area contributed by atoms with Crippen LogP contribution < -0.4 is 5.73 Å². The second-order valence-electron chi connectivity index (χ2n) is 3.97. The third kappa shape index (κ3) is 2.30. The van der Waals surface area contributed by atoms with Gasteiger partial charge in [0.2, 0.25) is 0 Å². The number of nitrogens with two attached hydrogens (primary N) is 1. The zero-order valence-electron chi connectivity index (χ0n) is 8.28. The highest BCUT2D eigenvalue weighted by Crippen LogP contribution is 2.21. The Kier molecular flexibility index (Phi) is 2.79. The molecule has 0 aliphatic carbocycles. The number of hydrogen-bond donors (Lipinski definition) is 1. The molecule has 14 heavy (non-hydrogen) atoms. The average Bonchev–Trinajstić information content (AvgIpc) is 2.19. The van der Waals surface area contributed by atoms with Crippen LogP contribution in [0.2, 0.25) is 0 Å². The van der Waals surface area contributed by atoms with Crippen LogP contribution in [0.25, 0.3) is 0 Å². The van der Waals surface area contributed by atoms with Gasteiger partial charge in [0.05, 0.1) is 0 Å². The van der Waals surface area contributed by atoms with Crippen molar-refractivity contribution in [3.63, 3.8) is 0 Å². The molecule has 0 unspecified atom stereocenters. The smallest absolute Gasteiger partial charge is 0.0483 e. The van der Waals surface area contributed by atoms with E-state index in [1.165, 1.54) is 0 Å². The van der Waals surface area contributed by atoms with Crippen LogP contribution in [-0.4, -0.2) is 23.7 Å². The van der Waals surface area contributed by atoms with Gasteiger partial charge >= 0.3 is 0 Å². The molecule has 1 aliphatic heterocycles. The lowest BCUT2D eigenvalue weighted by atomic mass is 9.86. The van der Waals surface area contributed by atoms with Crippen molar-refractivity contribution in [2.45, 2.75) is 24.8 Å². The van der Waals surface area contributed by atoms with E-state index in [-0.39, 0.29) is 5.54 Å². The van der Waals surface area contributed by atoms with Crippen molar-refractivity contribution >= 4 is 0 Å². The van der Waals surface area contributed by atoms with Gasteiger partial charge in [-0.3, -0.25) is 4.98 Å². The van der Waals surface area contributed by atoms with E-state index in [0.29, 0.717) is 0 Å². The number of ether oxygens (including phenoxy) is 1. The minimum Gasteiger partial charge on any atom is -0.381 e. The Bertz CT molecular complexity index is 281. The van der Waals surface area contributed by atoms with Gasteiger partial charge in [0.25, 0.3) is 0 Å². The number of pyridine rings is 1. The molecule has 3 heteroatoms. The maximum atomic E-state index is 6.27. The second-order valence-corrected chi connectivity index (χ2v) is 3.97. The molecule has 1 fully saturated rings. The van der Waals surface area contributed by atoms with E-state index in [4.69, 9.17) is 10.5 Å². The minimum absolute atomic E-state index is 0.105. The summed E-state index contributed by atoms with van der Waals surface area (Å²) in [6.07, 6.45) is 4.54. The summed E-state index contributed by atoms with van der Waals surface area (Å²) in [7, 11) is 0. The van der Waals surface area contributed by atoms with Crippen LogP contribution in [0.15, 0.2) is 24.4 Å². The van der Waals surface area contributed by atoms with E-state index in [1.807, 2.05) is 24.4 Å². The average molecular weight is 192 g/mol. The first-order chi connectivity index (χ1) is 6.79. The summed E-state index contributed by atoms with van der Waals surface area (Å²) >= 11 is 0. The van der Waals surface area contributed by atoms with Crippen LogP contribution >= 0.6 is 0 Å². The van der Waals surface area contributed by atoms with Gasteiger partial charge in [0, 0.05) is 37.1 Å². The molecule has 0 aromatic carbocycles. The van der Waals surface area contributed by atoms with Gasteiger partial charge in [-0.2, -0.15) is 0 Å². The summed E-state index contributed by atoms with van der Waals surface area (Å²) in [5, 5.41) is 0. The molecule has 0 saturated carbocycles. The third-order valence-electron chi connectivity index (χ3n) is 2.75. The van der Waals surface area contributed by atoms with E-state index < -0.39 is 0 Å². The molecular formula is C11H16N2O. The fourth-order valence-corrected chi connectivity index (χ4v) is 1.82. The summed E-state index contributed by atoms with van der Waals surface area (Å²) in [5.41, 5.74) is 7.25. The Morgan fingerprint density at radius 2 is 2.14 bits per heavy atom. The Balaban J connectivity index is 2.02. The zero-order valence-corrected chi connectivity index (χ0v) is 8.28. The maximum absolute atomic E-state index is 6.27. The van der Waals surface area contributed by atoms with Crippen LogP contribution in [-0.2, 0) is 11.2 Å². The van der Waals surface area contributed by atoms with Crippen molar-refractivity contribution in [3.8, 4) is 0 Å². The normalized spacial score (nSPS) is 20.6. The number of rotatable bonds is 2. The molecular weight excluding hydrogens is 176 g/mol. The van der Waals surface area contributed by atoms with Gasteiger partial charge < -0.3 is 10.5 Å². The van der Waals surface area contributed by atoms with E-state index in [9.17, 15) is 0 Å². The molecule has 0 spiro atoms. The standard InChI is InChI=1S/C11H16N2O/c12-11(4-7-14-8-5-11)9-10-3-1-2-6-13-10/h1-3,6H,4-5,7-9,12H2. The van der Waals surface area contributed by atoms with Gasteiger partial charge in [-0.05, 0) is 25.0 Å². The molecule has 0 bridgehead atoms. The van der Waals surface area contributed by atoms with Gasteiger partial charge in [-0.15, -0.1) is 0 Å². The predicted octanol–water partition coefficient (Wildman–Crippen LogP) is 1.13. The third-order valence-corrected chi connectivity index (χ3v) is 2.75. The molecule has 76 valence electrons. The largest absolute Gasteiger partial charge is 0.381 e. The Hall–Kier alpha value is -0.930. The van der Waals surface area contributed by atoms with Crippen LogP contribution in [0.3, 0.4) is 0 Å². The summed E-state index contributed by atoms with van der Waals surface area (Å²) in [6, 6.07) is 5.96. The van der Waals surface area contributed by atoms with Crippen molar-refractivity contribution in [3.05, 3.63) is 30.1 Å². The topological polar surface area (TPSA) is 48.1 Å². The van der Waals surface area contributed by atoms with Gasteiger partial charge in [-0.25, -0.2) is 0 Å². The first-order valence-corrected chi connectivity index (χ1v) is 5.05. The molecule has 1 aliphatic rings. The Morgan fingerprint density at radius 1 is 1.36 bits per heavy atom. The highest BCUT2D eigenvalue weighted by atomic mass is 16.5. The van der Waals surface area contributed by atoms with Crippen LogP contribution in [0.5, 0.6) is 0 Å². The summed E-state index contributed by atoms with van der Waals surface area (Å²) < 4.78 is 5.30. The number of aromatic nitrogens is 1. The maximum Gasteiger partial charge on any atom is 0.0483 e. The molecule has 0 atom stereocenters. The van der Waals surface area contributed by atoms with E-state index in [2.05, 4.69) is 4.98 Å². The second kappa shape index (κ2) is 4.07. The van der Waals surface area contributed by atoms with Crippen molar-refractivity contribution in [2.75, 3.05) is 13.2 Å². The number of nitrogens with zero attached hydrogens (tertiary/aromatic N) is 1. The van der Waals surface area contributed by atoms with E-state index in [1.54, 1.807) is 0 Å². The molecule has 2 rings (SSSR count). The first kappa shape index (κ1) is 9.62. The number of hydrogen-bond acceptors (Lipinski definition) is 3. The SMILES string of the molecule is NC1(Cc2ccccn2)CCOCC1. The molecule has 0 amide bonds. The predicted molar refractivity (Wildman–Crippen MR) is 54.9 cm³/mol. The van der Waals surface area contributed by atoms with Crippen LogP contribution in [0.1, 0.15) is 18.5 Å². The molecule has 0 radical (unpaired) electrons.